The van der Waals surface area contributed by atoms with E-state index >= 15 is 0 Å². The molecule has 27 heavy (non-hydrogen) atoms. The molecule has 2 fully saturated rings. The largest absolute Gasteiger partial charge is 0.294 e. The predicted molar refractivity (Wildman–Crippen MR) is 113 cm³/mol. The number of rotatable bonds is 2. The van der Waals surface area contributed by atoms with E-state index in [0.29, 0.717) is 11.7 Å². The van der Waals surface area contributed by atoms with Gasteiger partial charge in [-0.25, -0.2) is 0 Å². The van der Waals surface area contributed by atoms with Gasteiger partial charge in [0.2, 0.25) is 0 Å². The van der Waals surface area contributed by atoms with Gasteiger partial charge in [0.25, 0.3) is 0 Å². The van der Waals surface area contributed by atoms with Crippen LogP contribution in [-0.4, -0.2) is 5.78 Å². The fraction of sp³-hybridized carbons (Fsp3) is 0.423. The molecule has 0 radical (unpaired) electrons. The van der Waals surface area contributed by atoms with E-state index in [2.05, 4.69) is 83.2 Å². The van der Waals surface area contributed by atoms with Crippen LogP contribution in [0.5, 0.6) is 0 Å². The highest BCUT2D eigenvalue weighted by molar-refractivity contribution is 6.05. The molecule has 0 aromatic heterocycles. The van der Waals surface area contributed by atoms with Gasteiger partial charge in [0.15, 0.2) is 5.78 Å². The van der Waals surface area contributed by atoms with E-state index in [4.69, 9.17) is 0 Å². The smallest absolute Gasteiger partial charge is 0.165 e. The Morgan fingerprint density at radius 1 is 1.00 bits per heavy atom. The molecular formula is C26H30O. The van der Waals surface area contributed by atoms with E-state index in [9.17, 15) is 4.79 Å². The summed E-state index contributed by atoms with van der Waals surface area (Å²) in [5.41, 5.74) is 7.41. The lowest BCUT2D eigenvalue weighted by Gasteiger charge is -2.31. The summed E-state index contributed by atoms with van der Waals surface area (Å²) in [5, 5.41) is 0. The molecule has 0 N–H and O–H groups in total. The lowest BCUT2D eigenvalue weighted by atomic mass is 9.70. The fourth-order valence-corrected chi connectivity index (χ4v) is 5.18. The average Bonchev–Trinajstić information content (AvgIpc) is 2.93. The fourth-order valence-electron chi connectivity index (χ4n) is 5.18. The zero-order valence-corrected chi connectivity index (χ0v) is 17.2. The molecule has 2 bridgehead atoms. The standard InChI is InChI=1S/C26H30O/c1-17-6-9-19(10-7-17)14-21-15-20(11-8-18(21)2)16-22-23-12-13-26(5,24(22)27)25(23,3)4/h6-11,14,16,23H,12-13,15H2,1-5H3. The monoisotopic (exact) mass is 358 g/mol. The Kier molecular flexibility index (Phi) is 4.18. The highest BCUT2D eigenvalue weighted by Gasteiger charge is 2.63. The summed E-state index contributed by atoms with van der Waals surface area (Å²) in [4.78, 5) is 13.1. The van der Waals surface area contributed by atoms with Gasteiger partial charge in [-0.05, 0) is 72.3 Å². The molecular weight excluding hydrogens is 328 g/mol. The van der Waals surface area contributed by atoms with E-state index in [1.165, 1.54) is 27.8 Å². The molecule has 0 spiro atoms. The Balaban J connectivity index is 1.64. The third-order valence-corrected chi connectivity index (χ3v) is 7.57. The van der Waals surface area contributed by atoms with Gasteiger partial charge in [-0.2, -0.15) is 0 Å². The lowest BCUT2D eigenvalue weighted by molar-refractivity contribution is -0.125. The van der Waals surface area contributed by atoms with Crippen molar-refractivity contribution < 1.29 is 4.79 Å². The Morgan fingerprint density at radius 2 is 1.70 bits per heavy atom. The SMILES string of the molecule is CC1=CC=C(C=C2C(=O)C3(C)CCC2C3(C)C)CC1=Cc1ccc(C)cc1. The van der Waals surface area contributed by atoms with Crippen molar-refractivity contribution >= 4 is 11.9 Å². The molecule has 140 valence electrons. The molecule has 3 aliphatic rings. The third-order valence-electron chi connectivity index (χ3n) is 7.57. The van der Waals surface area contributed by atoms with Crippen LogP contribution in [0.1, 0.15) is 58.1 Å². The number of benzene rings is 1. The van der Waals surface area contributed by atoms with Crippen LogP contribution in [0, 0.1) is 23.7 Å². The Labute approximate surface area is 163 Å². The van der Waals surface area contributed by atoms with Gasteiger partial charge in [-0.1, -0.05) is 74.9 Å². The molecule has 3 aliphatic carbocycles. The van der Waals surface area contributed by atoms with Gasteiger partial charge in [0, 0.05) is 5.41 Å². The molecule has 2 saturated carbocycles. The first-order valence-electron chi connectivity index (χ1n) is 10.1. The predicted octanol–water partition coefficient (Wildman–Crippen LogP) is 6.61. The molecule has 0 aliphatic heterocycles. The molecule has 2 unspecified atom stereocenters. The summed E-state index contributed by atoms with van der Waals surface area (Å²) >= 11 is 0. The van der Waals surface area contributed by atoms with Crippen LogP contribution in [0.2, 0.25) is 0 Å². The van der Waals surface area contributed by atoms with Crippen LogP contribution in [0.3, 0.4) is 0 Å². The zero-order chi connectivity index (χ0) is 19.4. The van der Waals surface area contributed by atoms with E-state index in [-0.39, 0.29) is 10.8 Å². The van der Waals surface area contributed by atoms with Crippen molar-refractivity contribution in [3.8, 4) is 0 Å². The topological polar surface area (TPSA) is 17.1 Å². The van der Waals surface area contributed by atoms with Gasteiger partial charge in [0.05, 0.1) is 0 Å². The second-order valence-corrected chi connectivity index (χ2v) is 9.42. The first-order chi connectivity index (χ1) is 12.7. The number of hydrogen-bond acceptors (Lipinski definition) is 1. The molecule has 1 aromatic carbocycles. The van der Waals surface area contributed by atoms with Crippen molar-refractivity contribution in [2.75, 3.05) is 0 Å². The Hall–Kier alpha value is -2.15. The normalized spacial score (nSPS) is 32.2. The van der Waals surface area contributed by atoms with Crippen LogP contribution < -0.4 is 0 Å². The summed E-state index contributed by atoms with van der Waals surface area (Å²) < 4.78 is 0. The van der Waals surface area contributed by atoms with Crippen molar-refractivity contribution in [2.24, 2.45) is 16.7 Å². The van der Waals surface area contributed by atoms with Crippen LogP contribution in [-0.2, 0) is 4.79 Å². The molecule has 4 rings (SSSR count). The molecule has 1 nitrogen and oxygen atoms in total. The molecule has 0 saturated heterocycles. The van der Waals surface area contributed by atoms with Crippen molar-refractivity contribution in [1.29, 1.82) is 0 Å². The number of ketones is 1. The van der Waals surface area contributed by atoms with Crippen molar-refractivity contribution in [2.45, 2.75) is 53.9 Å². The molecule has 0 amide bonds. The number of Topliss-reactive ketones (excluding diaryl/α,β-unsaturated/α-hetero) is 1. The second kappa shape index (κ2) is 6.19. The number of allylic oxidation sites excluding steroid dienone is 7. The Morgan fingerprint density at radius 3 is 2.33 bits per heavy atom. The van der Waals surface area contributed by atoms with Crippen molar-refractivity contribution in [3.63, 3.8) is 0 Å². The van der Waals surface area contributed by atoms with Crippen LogP contribution in [0.15, 0.2) is 64.8 Å². The third kappa shape index (κ3) is 2.79. The van der Waals surface area contributed by atoms with Gasteiger partial charge in [-0.15, -0.1) is 0 Å². The minimum atomic E-state index is -0.176. The highest BCUT2D eigenvalue weighted by Crippen LogP contribution is 2.65. The zero-order valence-electron chi connectivity index (χ0n) is 17.2. The Bertz CT molecular complexity index is 917. The molecule has 1 heteroatoms. The van der Waals surface area contributed by atoms with Gasteiger partial charge < -0.3 is 0 Å². The number of fused-ring (bicyclic) bond motifs is 2. The summed E-state index contributed by atoms with van der Waals surface area (Å²) in [7, 11) is 0. The van der Waals surface area contributed by atoms with E-state index < -0.39 is 0 Å². The number of aryl methyl sites for hydroxylation is 1. The van der Waals surface area contributed by atoms with E-state index in [0.717, 1.165) is 24.8 Å². The first kappa shape index (κ1) is 18.2. The second-order valence-electron chi connectivity index (χ2n) is 9.42. The molecule has 0 heterocycles. The van der Waals surface area contributed by atoms with Gasteiger partial charge >= 0.3 is 0 Å². The maximum absolute atomic E-state index is 13.1. The maximum Gasteiger partial charge on any atom is 0.165 e. The van der Waals surface area contributed by atoms with E-state index in [1.54, 1.807) is 0 Å². The van der Waals surface area contributed by atoms with Crippen LogP contribution >= 0.6 is 0 Å². The summed E-state index contributed by atoms with van der Waals surface area (Å²) in [6, 6.07) is 8.66. The lowest BCUT2D eigenvalue weighted by Crippen LogP contribution is -2.32. The number of carbonyl (C=O) groups excluding carboxylic acids is 1. The minimum absolute atomic E-state index is 0.0808. The average molecular weight is 359 g/mol. The van der Waals surface area contributed by atoms with Gasteiger partial charge in [0.1, 0.15) is 0 Å². The maximum atomic E-state index is 13.1. The first-order valence-corrected chi connectivity index (χ1v) is 10.1. The van der Waals surface area contributed by atoms with Crippen molar-refractivity contribution in [1.82, 2.24) is 0 Å². The van der Waals surface area contributed by atoms with Crippen LogP contribution in [0.25, 0.3) is 6.08 Å². The molecule has 1 aromatic rings. The summed E-state index contributed by atoms with van der Waals surface area (Å²) in [6.45, 7) is 11.0. The minimum Gasteiger partial charge on any atom is -0.294 e. The van der Waals surface area contributed by atoms with Gasteiger partial charge in [-0.3, -0.25) is 4.79 Å². The molecule has 2 atom stereocenters. The summed E-state index contributed by atoms with van der Waals surface area (Å²) in [5.74, 6) is 0.799. The summed E-state index contributed by atoms with van der Waals surface area (Å²) in [6.07, 6.45) is 12.0. The van der Waals surface area contributed by atoms with Crippen LogP contribution in [0.4, 0.5) is 0 Å². The van der Waals surface area contributed by atoms with E-state index in [1.807, 2.05) is 0 Å². The quantitative estimate of drug-likeness (QED) is 0.544. The number of hydrogen-bond donors (Lipinski definition) is 0. The highest BCUT2D eigenvalue weighted by atomic mass is 16.1. The van der Waals surface area contributed by atoms with Crippen molar-refractivity contribution in [3.05, 3.63) is 75.9 Å². The number of carbonyl (C=O) groups is 1.